The van der Waals surface area contributed by atoms with Gasteiger partial charge in [-0.05, 0) is 32.1 Å². The van der Waals surface area contributed by atoms with Crippen LogP contribution >= 0.6 is 11.8 Å². The van der Waals surface area contributed by atoms with Crippen LogP contribution in [0.15, 0.2) is 0 Å². The van der Waals surface area contributed by atoms with E-state index in [9.17, 15) is 28.9 Å². The Hall–Kier alpha value is -0.520. The molecule has 0 spiro atoms. The van der Waals surface area contributed by atoms with Gasteiger partial charge in [-0.1, -0.05) is 13.3 Å². The molecule has 2 saturated heterocycles. The summed E-state index contributed by atoms with van der Waals surface area (Å²) in [6, 6.07) is -2.31. The number of carbonyl (C=O) groups is 1. The van der Waals surface area contributed by atoms with Crippen molar-refractivity contribution in [3.8, 4) is 0 Å². The average Bonchev–Trinajstić information content (AvgIpc) is 2.99. The van der Waals surface area contributed by atoms with Crippen LogP contribution in [0.4, 0.5) is 8.78 Å². The number of ether oxygens (including phenoxy) is 1. The van der Waals surface area contributed by atoms with Gasteiger partial charge in [0, 0.05) is 6.54 Å². The number of thioether (sulfide) groups is 1. The Morgan fingerprint density at radius 3 is 2.52 bits per heavy atom. The lowest BCUT2D eigenvalue weighted by atomic mass is 9.94. The van der Waals surface area contributed by atoms with E-state index in [4.69, 9.17) is 4.74 Å². The first-order chi connectivity index (χ1) is 12.7. The lowest BCUT2D eigenvalue weighted by molar-refractivity contribution is -0.213. The topological polar surface area (TPSA) is 102 Å². The van der Waals surface area contributed by atoms with Gasteiger partial charge in [0.25, 0.3) is 6.43 Å². The molecule has 0 aliphatic carbocycles. The van der Waals surface area contributed by atoms with Crippen LogP contribution in [0.2, 0.25) is 0 Å². The van der Waals surface area contributed by atoms with Crippen LogP contribution in [0.5, 0.6) is 0 Å². The zero-order chi connectivity index (χ0) is 20.3. The molecule has 0 aromatic rings. The number of hydrogen-bond donors (Lipinski definition) is 4. The number of carbonyl (C=O) groups excluding carboxylic acids is 1. The predicted octanol–water partition coefficient (Wildman–Crippen LogP) is 0.0273. The first-order valence-corrected chi connectivity index (χ1v) is 10.5. The van der Waals surface area contributed by atoms with Gasteiger partial charge in [-0.15, -0.1) is 11.8 Å². The van der Waals surface area contributed by atoms with Crippen LogP contribution in [0, 0.1) is 5.92 Å². The van der Waals surface area contributed by atoms with Crippen molar-refractivity contribution in [1.82, 2.24) is 10.2 Å². The number of rotatable bonds is 7. The average molecular weight is 412 g/mol. The third-order valence-corrected chi connectivity index (χ3v) is 6.26. The van der Waals surface area contributed by atoms with Gasteiger partial charge in [0.15, 0.2) is 0 Å². The minimum absolute atomic E-state index is 0.343. The zero-order valence-corrected chi connectivity index (χ0v) is 16.6. The number of amides is 1. The first kappa shape index (κ1) is 22.8. The summed E-state index contributed by atoms with van der Waals surface area (Å²) >= 11 is 1.03. The smallest absolute Gasteiger partial charge is 0.261 e. The molecular weight excluding hydrogens is 382 g/mol. The fourth-order valence-electron chi connectivity index (χ4n) is 3.94. The van der Waals surface area contributed by atoms with E-state index in [1.165, 1.54) is 0 Å². The van der Waals surface area contributed by atoms with E-state index in [0.29, 0.717) is 12.3 Å². The van der Waals surface area contributed by atoms with E-state index in [2.05, 4.69) is 12.2 Å². The van der Waals surface area contributed by atoms with Gasteiger partial charge < -0.3 is 25.4 Å². The molecule has 0 saturated carbocycles. The molecule has 8 atom stereocenters. The van der Waals surface area contributed by atoms with Gasteiger partial charge >= 0.3 is 0 Å². The Balaban J connectivity index is 2.09. The Labute approximate surface area is 162 Å². The van der Waals surface area contributed by atoms with Gasteiger partial charge in [0.2, 0.25) is 5.91 Å². The molecule has 2 aliphatic heterocycles. The van der Waals surface area contributed by atoms with Crippen molar-refractivity contribution >= 4 is 17.7 Å². The lowest BCUT2D eigenvalue weighted by Crippen LogP contribution is -2.65. The van der Waals surface area contributed by atoms with Crippen molar-refractivity contribution < 1.29 is 33.6 Å². The molecule has 0 radical (unpaired) electrons. The van der Waals surface area contributed by atoms with E-state index in [0.717, 1.165) is 31.1 Å². The lowest BCUT2D eigenvalue weighted by Gasteiger charge is -2.43. The van der Waals surface area contributed by atoms with Gasteiger partial charge in [-0.3, -0.25) is 9.69 Å². The Morgan fingerprint density at radius 2 is 1.96 bits per heavy atom. The Bertz CT molecular complexity index is 502. The molecule has 7 nitrogen and oxygen atoms in total. The summed E-state index contributed by atoms with van der Waals surface area (Å²) in [5.41, 5.74) is -0.977. The Morgan fingerprint density at radius 1 is 1.30 bits per heavy atom. The molecular formula is C17H30F2N2O5S. The molecule has 2 aliphatic rings. The van der Waals surface area contributed by atoms with E-state index < -0.39 is 54.3 Å². The molecule has 1 amide bonds. The maximum atomic E-state index is 13.7. The van der Waals surface area contributed by atoms with Gasteiger partial charge in [0.05, 0.1) is 6.04 Å². The quantitative estimate of drug-likeness (QED) is 0.468. The fraction of sp³-hybridized carbons (Fsp3) is 0.941. The van der Waals surface area contributed by atoms with E-state index in [1.54, 1.807) is 13.3 Å². The summed E-state index contributed by atoms with van der Waals surface area (Å²) in [7, 11) is 1.78. The fourth-order valence-corrected chi connectivity index (χ4v) is 4.62. The standard InChI is InChI=1S/C17H30F2N2O5S/c1-4-5-8-6-9(21(2)7-8)16(25)20-10(15(18)19)14-12(23)11(22)13(24)17(26-14)27-3/h8-15,17,22-24H,4-7H2,1-3H3,(H,20,25)/t8-,9+,10+,11-,12?,13-,14-,17?/m1/s1. The van der Waals surface area contributed by atoms with Crippen LogP contribution in [0.3, 0.4) is 0 Å². The third-order valence-electron chi connectivity index (χ3n) is 5.41. The number of hydrogen-bond acceptors (Lipinski definition) is 7. The van der Waals surface area contributed by atoms with Gasteiger partial charge in [-0.25, -0.2) is 8.78 Å². The molecule has 2 unspecified atom stereocenters. The van der Waals surface area contributed by atoms with E-state index in [-0.39, 0.29) is 0 Å². The normalized spacial score (nSPS) is 38.9. The number of nitrogens with zero attached hydrogens (tertiary/aromatic N) is 1. The molecule has 2 rings (SSSR count). The molecule has 2 heterocycles. The molecule has 0 aromatic heterocycles. The number of halogens is 2. The number of likely N-dealkylation sites (tertiary alicyclic amines) is 1. The van der Waals surface area contributed by atoms with Crippen molar-refractivity contribution in [3.05, 3.63) is 0 Å². The van der Waals surface area contributed by atoms with Gasteiger partial charge in [0.1, 0.15) is 35.9 Å². The number of nitrogens with one attached hydrogen (secondary N) is 1. The van der Waals surface area contributed by atoms with E-state index >= 15 is 0 Å². The highest BCUT2D eigenvalue weighted by molar-refractivity contribution is 7.99. The summed E-state index contributed by atoms with van der Waals surface area (Å²) in [5.74, 6) is -0.200. The van der Waals surface area contributed by atoms with Crippen LogP contribution in [-0.4, -0.2) is 94.3 Å². The van der Waals surface area contributed by atoms with Crippen molar-refractivity contribution in [1.29, 1.82) is 0 Å². The molecule has 27 heavy (non-hydrogen) atoms. The number of alkyl halides is 2. The van der Waals surface area contributed by atoms with Crippen molar-refractivity contribution in [2.24, 2.45) is 5.92 Å². The third kappa shape index (κ3) is 5.10. The second-order valence-electron chi connectivity index (χ2n) is 7.39. The number of likely N-dealkylation sites (N-methyl/N-ethyl adjacent to an activating group) is 1. The molecule has 10 heteroatoms. The molecule has 2 fully saturated rings. The summed E-state index contributed by atoms with van der Waals surface area (Å²) in [5, 5.41) is 32.3. The Kier molecular flexibility index (Phi) is 8.26. The summed E-state index contributed by atoms with van der Waals surface area (Å²) in [4.78, 5) is 14.5. The van der Waals surface area contributed by atoms with Crippen LogP contribution in [0.25, 0.3) is 0 Å². The molecule has 0 bridgehead atoms. The largest absolute Gasteiger partial charge is 0.388 e. The van der Waals surface area contributed by atoms with Crippen LogP contribution in [-0.2, 0) is 9.53 Å². The molecule has 158 valence electrons. The molecule has 0 aromatic carbocycles. The predicted molar refractivity (Wildman–Crippen MR) is 97.6 cm³/mol. The van der Waals surface area contributed by atoms with Crippen molar-refractivity contribution in [3.63, 3.8) is 0 Å². The SMILES string of the molecule is CCC[C@@H]1C[C@@H](C(=O)N[C@H](C(F)F)[C@H]2OC(SC)[C@H](O)[C@H](O)C2O)N(C)C1. The second kappa shape index (κ2) is 9.80. The maximum absolute atomic E-state index is 13.7. The maximum Gasteiger partial charge on any atom is 0.261 e. The van der Waals surface area contributed by atoms with Gasteiger partial charge in [-0.2, -0.15) is 0 Å². The summed E-state index contributed by atoms with van der Waals surface area (Å²) < 4.78 is 32.8. The highest BCUT2D eigenvalue weighted by Gasteiger charge is 2.49. The van der Waals surface area contributed by atoms with E-state index in [1.807, 2.05) is 4.90 Å². The zero-order valence-electron chi connectivity index (χ0n) is 15.8. The highest BCUT2D eigenvalue weighted by atomic mass is 32.2. The number of aliphatic hydroxyl groups is 3. The van der Waals surface area contributed by atoms with Crippen LogP contribution in [0.1, 0.15) is 26.2 Å². The summed E-state index contributed by atoms with van der Waals surface area (Å²) in [6.45, 7) is 2.79. The highest BCUT2D eigenvalue weighted by Crippen LogP contribution is 2.31. The van der Waals surface area contributed by atoms with Crippen LogP contribution < -0.4 is 5.32 Å². The second-order valence-corrected chi connectivity index (χ2v) is 8.33. The monoisotopic (exact) mass is 412 g/mol. The molecule has 4 N–H and O–H groups in total. The minimum Gasteiger partial charge on any atom is -0.388 e. The summed E-state index contributed by atoms with van der Waals surface area (Å²) in [6.07, 6.45) is -5.17. The first-order valence-electron chi connectivity index (χ1n) is 9.22. The van der Waals surface area contributed by atoms with Crippen molar-refractivity contribution in [2.45, 2.75) is 74.5 Å². The van der Waals surface area contributed by atoms with Crippen molar-refractivity contribution in [2.75, 3.05) is 19.8 Å². The minimum atomic E-state index is -3.00. The number of aliphatic hydroxyl groups excluding tert-OH is 3.